The second-order valence-corrected chi connectivity index (χ2v) is 8.71. The van der Waals surface area contributed by atoms with Crippen LogP contribution in [0.2, 0.25) is 5.02 Å². The molecule has 0 aromatic heterocycles. The zero-order valence-electron chi connectivity index (χ0n) is 14.6. The summed E-state index contributed by atoms with van der Waals surface area (Å²) in [6.07, 6.45) is -0.896. The summed E-state index contributed by atoms with van der Waals surface area (Å²) < 4.78 is 46.0. The van der Waals surface area contributed by atoms with Crippen LogP contribution in [-0.2, 0) is 14.8 Å². The minimum atomic E-state index is -3.80. The van der Waals surface area contributed by atoms with Crippen molar-refractivity contribution >= 4 is 39.1 Å². The van der Waals surface area contributed by atoms with Crippen LogP contribution in [0.4, 0.5) is 4.39 Å². The first kappa shape index (κ1) is 20.9. The maximum absolute atomic E-state index is 13.1. The third-order valence-corrected chi connectivity index (χ3v) is 6.63. The van der Waals surface area contributed by atoms with E-state index in [1.807, 2.05) is 0 Å². The van der Waals surface area contributed by atoms with E-state index in [0.717, 1.165) is 0 Å². The molecule has 6 nitrogen and oxygen atoms in total. The van der Waals surface area contributed by atoms with Crippen LogP contribution in [0.15, 0.2) is 53.4 Å². The highest BCUT2D eigenvalue weighted by molar-refractivity contribution is 7.89. The molecule has 10 heteroatoms. The number of halogens is 3. The van der Waals surface area contributed by atoms with Crippen molar-refractivity contribution in [2.45, 2.75) is 11.1 Å². The maximum atomic E-state index is 13.1. The normalized spacial score (nSPS) is 18.1. The molecule has 0 saturated carbocycles. The highest BCUT2D eigenvalue weighted by atomic mass is 35.5. The average molecular weight is 447 g/mol. The third-order valence-electron chi connectivity index (χ3n) is 4.27. The predicted octanol–water partition coefficient (Wildman–Crippen LogP) is 2.96. The Kier molecular flexibility index (Phi) is 6.44. The van der Waals surface area contributed by atoms with Crippen molar-refractivity contribution in [2.24, 2.45) is 0 Å². The van der Waals surface area contributed by atoms with Crippen LogP contribution in [0.1, 0.15) is 0 Å². The number of nitrogens with zero attached hydrogens (tertiary/aromatic N) is 2. The lowest BCUT2D eigenvalue weighted by molar-refractivity contribution is -0.140. The number of carbonyl (C=O) groups excluding carboxylic acids is 1. The standard InChI is InChI=1S/C18H17Cl2FN2O4S/c19-11-17(24)23-10-9-22(28(25,26)16-7-1-13(20)2-8-16)12-18(23)27-15-5-3-14(21)4-6-15/h1-8,18H,9-12H2/t18-/m0/s1. The van der Waals surface area contributed by atoms with Gasteiger partial charge in [0, 0.05) is 18.1 Å². The summed E-state index contributed by atoms with van der Waals surface area (Å²) in [6, 6.07) is 11.1. The Balaban J connectivity index is 1.85. The van der Waals surface area contributed by atoms with Crippen LogP contribution in [0.25, 0.3) is 0 Å². The van der Waals surface area contributed by atoms with Crippen molar-refractivity contribution in [3.05, 3.63) is 59.4 Å². The summed E-state index contributed by atoms with van der Waals surface area (Å²) in [5.74, 6) is -0.758. The van der Waals surface area contributed by atoms with E-state index in [-0.39, 0.29) is 36.3 Å². The molecule has 1 amide bonds. The third kappa shape index (κ3) is 4.57. The van der Waals surface area contributed by atoms with Gasteiger partial charge in [-0.05, 0) is 48.5 Å². The van der Waals surface area contributed by atoms with Crippen LogP contribution >= 0.6 is 23.2 Å². The SMILES string of the molecule is O=C(CCl)N1CCN(S(=O)(=O)c2ccc(Cl)cc2)C[C@@H]1Oc1ccc(F)cc1. The monoisotopic (exact) mass is 446 g/mol. The van der Waals surface area contributed by atoms with Crippen LogP contribution in [0, 0.1) is 5.82 Å². The zero-order chi connectivity index (χ0) is 20.3. The average Bonchev–Trinajstić information content (AvgIpc) is 2.69. The molecule has 0 bridgehead atoms. The molecule has 0 radical (unpaired) electrons. The molecule has 2 aromatic rings. The topological polar surface area (TPSA) is 66.9 Å². The fraction of sp³-hybridized carbons (Fsp3) is 0.278. The largest absolute Gasteiger partial charge is 0.469 e. The molecule has 1 atom stereocenters. The molecule has 1 saturated heterocycles. The van der Waals surface area contributed by atoms with Gasteiger partial charge in [0.2, 0.25) is 15.9 Å². The molecule has 1 aliphatic rings. The van der Waals surface area contributed by atoms with E-state index in [2.05, 4.69) is 0 Å². The highest BCUT2D eigenvalue weighted by Crippen LogP contribution is 2.24. The molecule has 2 aromatic carbocycles. The molecular weight excluding hydrogens is 430 g/mol. The van der Waals surface area contributed by atoms with E-state index in [0.29, 0.717) is 10.8 Å². The van der Waals surface area contributed by atoms with Gasteiger partial charge in [0.15, 0.2) is 6.23 Å². The number of alkyl halides is 1. The number of sulfonamides is 1. The summed E-state index contributed by atoms with van der Waals surface area (Å²) in [7, 11) is -3.80. The summed E-state index contributed by atoms with van der Waals surface area (Å²) >= 11 is 11.5. The Bertz CT molecular complexity index is 939. The number of rotatable bonds is 5. The van der Waals surface area contributed by atoms with Gasteiger partial charge in [0.25, 0.3) is 0 Å². The van der Waals surface area contributed by atoms with E-state index < -0.39 is 22.1 Å². The van der Waals surface area contributed by atoms with Gasteiger partial charge in [-0.1, -0.05) is 11.6 Å². The van der Waals surface area contributed by atoms with Crippen molar-refractivity contribution in [3.63, 3.8) is 0 Å². The first-order valence-corrected chi connectivity index (χ1v) is 10.7. The number of hydrogen-bond acceptors (Lipinski definition) is 4. The van der Waals surface area contributed by atoms with Gasteiger partial charge in [-0.15, -0.1) is 11.6 Å². The highest BCUT2D eigenvalue weighted by Gasteiger charge is 2.37. The predicted molar refractivity (Wildman–Crippen MR) is 103 cm³/mol. The lowest BCUT2D eigenvalue weighted by Crippen LogP contribution is -2.58. The summed E-state index contributed by atoms with van der Waals surface area (Å²) in [5, 5.41) is 0.425. The van der Waals surface area contributed by atoms with E-state index in [1.54, 1.807) is 0 Å². The van der Waals surface area contributed by atoms with Crippen molar-refractivity contribution < 1.29 is 22.3 Å². The Morgan fingerprint density at radius 2 is 1.75 bits per heavy atom. The first-order valence-electron chi connectivity index (χ1n) is 8.34. The number of benzene rings is 2. The molecule has 1 fully saturated rings. The molecule has 1 heterocycles. The number of ether oxygens (including phenoxy) is 1. The van der Waals surface area contributed by atoms with E-state index in [4.69, 9.17) is 27.9 Å². The molecule has 3 rings (SSSR count). The van der Waals surface area contributed by atoms with E-state index in [9.17, 15) is 17.6 Å². The maximum Gasteiger partial charge on any atom is 0.243 e. The Hall–Kier alpha value is -1.87. The second kappa shape index (κ2) is 8.65. The van der Waals surface area contributed by atoms with Gasteiger partial charge in [0.1, 0.15) is 17.4 Å². The Labute approximate surface area is 172 Å². The van der Waals surface area contributed by atoms with E-state index >= 15 is 0 Å². The van der Waals surface area contributed by atoms with Crippen LogP contribution in [-0.4, -0.2) is 55.3 Å². The summed E-state index contributed by atoms with van der Waals surface area (Å²) in [5.41, 5.74) is 0. The van der Waals surface area contributed by atoms with Crippen molar-refractivity contribution in [3.8, 4) is 5.75 Å². The minimum Gasteiger partial charge on any atom is -0.469 e. The molecule has 0 spiro atoms. The fourth-order valence-electron chi connectivity index (χ4n) is 2.83. The van der Waals surface area contributed by atoms with Crippen LogP contribution in [0.3, 0.4) is 0 Å². The molecule has 0 unspecified atom stereocenters. The molecule has 150 valence electrons. The number of piperazine rings is 1. The quantitative estimate of drug-likeness (QED) is 0.662. The van der Waals surface area contributed by atoms with Gasteiger partial charge >= 0.3 is 0 Å². The molecular formula is C18H17Cl2FN2O4S. The first-order chi connectivity index (χ1) is 13.3. The fourth-order valence-corrected chi connectivity index (χ4v) is 4.54. The molecule has 0 aliphatic carbocycles. The number of carbonyl (C=O) groups is 1. The van der Waals surface area contributed by atoms with Crippen molar-refractivity contribution in [1.82, 2.24) is 9.21 Å². The van der Waals surface area contributed by atoms with Gasteiger partial charge in [-0.25, -0.2) is 12.8 Å². The zero-order valence-corrected chi connectivity index (χ0v) is 16.9. The second-order valence-electron chi connectivity index (χ2n) is 6.06. The summed E-state index contributed by atoms with van der Waals surface area (Å²) in [4.78, 5) is 13.6. The van der Waals surface area contributed by atoms with Crippen molar-refractivity contribution in [1.29, 1.82) is 0 Å². The lowest BCUT2D eigenvalue weighted by atomic mass is 10.3. The summed E-state index contributed by atoms with van der Waals surface area (Å²) in [6.45, 7) is 0.117. The molecule has 0 N–H and O–H groups in total. The molecule has 1 aliphatic heterocycles. The van der Waals surface area contributed by atoms with Gasteiger partial charge in [-0.3, -0.25) is 4.79 Å². The number of amides is 1. The molecule has 28 heavy (non-hydrogen) atoms. The Morgan fingerprint density at radius 3 is 2.36 bits per heavy atom. The van der Waals surface area contributed by atoms with Gasteiger partial charge in [-0.2, -0.15) is 4.31 Å². The van der Waals surface area contributed by atoms with Gasteiger partial charge in [0.05, 0.1) is 11.4 Å². The van der Waals surface area contributed by atoms with Gasteiger partial charge < -0.3 is 9.64 Å². The lowest BCUT2D eigenvalue weighted by Gasteiger charge is -2.40. The van der Waals surface area contributed by atoms with Crippen molar-refractivity contribution in [2.75, 3.05) is 25.5 Å². The smallest absolute Gasteiger partial charge is 0.243 e. The minimum absolute atomic E-state index is 0.0922. The number of hydrogen-bond donors (Lipinski definition) is 0. The van der Waals surface area contributed by atoms with Crippen LogP contribution < -0.4 is 4.74 Å². The Morgan fingerprint density at radius 1 is 1.11 bits per heavy atom. The van der Waals surface area contributed by atoms with E-state index in [1.165, 1.54) is 57.7 Å². The van der Waals surface area contributed by atoms with Crippen LogP contribution in [0.5, 0.6) is 5.75 Å².